The van der Waals surface area contributed by atoms with Crippen LogP contribution in [0.4, 0.5) is 0 Å². The van der Waals surface area contributed by atoms with E-state index >= 15 is 0 Å². The van der Waals surface area contributed by atoms with Gasteiger partial charge in [-0.15, -0.1) is 11.3 Å². The van der Waals surface area contributed by atoms with Gasteiger partial charge in [0.05, 0.1) is 31.2 Å². The summed E-state index contributed by atoms with van der Waals surface area (Å²) < 4.78 is 18.5. The molecule has 34 heavy (non-hydrogen) atoms. The molecule has 8 heteroatoms. The van der Waals surface area contributed by atoms with Gasteiger partial charge in [-0.3, -0.25) is 0 Å². The van der Waals surface area contributed by atoms with Gasteiger partial charge in [0.2, 0.25) is 0 Å². The third-order valence-corrected chi connectivity index (χ3v) is 6.41. The van der Waals surface area contributed by atoms with Crippen LogP contribution in [0.2, 0.25) is 0 Å². The molecule has 0 saturated heterocycles. The monoisotopic (exact) mass is 478 g/mol. The number of aromatic nitrogens is 2. The highest BCUT2D eigenvalue weighted by molar-refractivity contribution is 7.09. The average molecular weight is 479 g/mol. The molecule has 0 amide bonds. The fourth-order valence-corrected chi connectivity index (χ4v) is 4.49. The molecule has 0 atom stereocenters. The van der Waals surface area contributed by atoms with Crippen LogP contribution in [0, 0.1) is 6.92 Å². The van der Waals surface area contributed by atoms with Crippen LogP contribution >= 0.6 is 11.3 Å². The number of nitrogens with zero attached hydrogens (tertiary/aromatic N) is 2. The van der Waals surface area contributed by atoms with E-state index in [9.17, 15) is 9.90 Å². The van der Waals surface area contributed by atoms with Crippen molar-refractivity contribution in [3.8, 4) is 28.6 Å². The molecule has 0 bridgehead atoms. The summed E-state index contributed by atoms with van der Waals surface area (Å²) in [6.45, 7) is 2.77. The molecule has 2 heterocycles. The third-order valence-electron chi connectivity index (χ3n) is 5.59. The highest BCUT2D eigenvalue weighted by atomic mass is 32.1. The van der Waals surface area contributed by atoms with Gasteiger partial charge in [0, 0.05) is 17.6 Å². The Kier molecular flexibility index (Phi) is 7.18. The minimum Gasteiger partial charge on any atom is -0.493 e. The van der Waals surface area contributed by atoms with Crippen LogP contribution in [0.3, 0.4) is 0 Å². The number of hydrogen-bond donors (Lipinski definition) is 1. The summed E-state index contributed by atoms with van der Waals surface area (Å²) in [5, 5.41) is 12.5. The zero-order chi connectivity index (χ0) is 24.1. The summed E-state index contributed by atoms with van der Waals surface area (Å²) in [5.41, 5.74) is 3.54. The Morgan fingerprint density at radius 2 is 1.82 bits per heavy atom. The third kappa shape index (κ3) is 5.07. The number of methoxy groups -OCH3 is 2. The lowest BCUT2D eigenvalue weighted by Crippen LogP contribution is -2.07. The lowest BCUT2D eigenvalue weighted by Gasteiger charge is -2.13. The molecule has 0 fully saturated rings. The molecule has 0 saturated carbocycles. The summed E-state index contributed by atoms with van der Waals surface area (Å²) in [4.78, 5) is 16.5. The molecule has 176 valence electrons. The number of carboxylic acids is 1. The Morgan fingerprint density at radius 3 is 2.53 bits per heavy atom. The van der Waals surface area contributed by atoms with Gasteiger partial charge in [0.25, 0.3) is 0 Å². The number of aryl methyl sites for hydroxylation is 1. The van der Waals surface area contributed by atoms with Crippen molar-refractivity contribution in [3.05, 3.63) is 81.8 Å². The lowest BCUT2D eigenvalue weighted by molar-refractivity contribution is 0.0696. The zero-order valence-electron chi connectivity index (χ0n) is 19.3. The van der Waals surface area contributed by atoms with Gasteiger partial charge in [0.15, 0.2) is 11.5 Å². The largest absolute Gasteiger partial charge is 0.493 e. The van der Waals surface area contributed by atoms with Crippen molar-refractivity contribution in [2.24, 2.45) is 0 Å². The number of carboxylic acid groups (broad SMARTS) is 1. The molecule has 0 unspecified atom stereocenters. The number of ether oxygens (including phenoxy) is 3. The van der Waals surface area contributed by atoms with Crippen molar-refractivity contribution in [2.45, 2.75) is 26.5 Å². The highest BCUT2D eigenvalue weighted by Crippen LogP contribution is 2.30. The predicted molar refractivity (Wildman–Crippen MR) is 131 cm³/mol. The van der Waals surface area contributed by atoms with Crippen molar-refractivity contribution in [1.29, 1.82) is 0 Å². The lowest BCUT2D eigenvalue weighted by atomic mass is 10.1. The van der Waals surface area contributed by atoms with E-state index in [1.54, 1.807) is 20.3 Å². The van der Waals surface area contributed by atoms with E-state index < -0.39 is 5.97 Å². The summed E-state index contributed by atoms with van der Waals surface area (Å²) in [6.07, 6.45) is 0.691. The maximum absolute atomic E-state index is 11.8. The van der Waals surface area contributed by atoms with Crippen LogP contribution < -0.4 is 14.2 Å². The second-order valence-electron chi connectivity index (χ2n) is 7.65. The van der Waals surface area contributed by atoms with Crippen LogP contribution in [-0.2, 0) is 19.6 Å². The van der Waals surface area contributed by atoms with Crippen molar-refractivity contribution < 1.29 is 24.1 Å². The number of hydrogen-bond acceptors (Lipinski definition) is 6. The summed E-state index contributed by atoms with van der Waals surface area (Å²) in [7, 11) is 3.21. The fourth-order valence-electron chi connectivity index (χ4n) is 3.80. The molecular formula is C26H26N2O5S. The first-order chi connectivity index (χ1) is 16.5. The number of benzene rings is 2. The molecule has 0 aliphatic rings. The Bertz CT molecular complexity index is 1280. The van der Waals surface area contributed by atoms with Crippen LogP contribution in [0.25, 0.3) is 11.4 Å². The normalized spacial score (nSPS) is 10.8. The second-order valence-corrected chi connectivity index (χ2v) is 8.60. The molecule has 4 aromatic rings. The SMILES string of the molecule is COc1ccc(CCn2c(-c3csc(COc4ccccc4)n3)cc(C(=O)O)c2C)cc1OC. The van der Waals surface area contributed by atoms with E-state index in [-0.39, 0.29) is 5.56 Å². The minimum atomic E-state index is -0.952. The Balaban J connectivity index is 1.57. The van der Waals surface area contributed by atoms with Gasteiger partial charge >= 0.3 is 5.97 Å². The zero-order valence-corrected chi connectivity index (χ0v) is 20.1. The van der Waals surface area contributed by atoms with E-state index in [1.807, 2.05) is 65.4 Å². The second kappa shape index (κ2) is 10.4. The van der Waals surface area contributed by atoms with Crippen molar-refractivity contribution >= 4 is 17.3 Å². The van der Waals surface area contributed by atoms with Gasteiger partial charge in [0.1, 0.15) is 17.4 Å². The quantitative estimate of drug-likeness (QED) is 0.326. The Hall–Kier alpha value is -3.78. The van der Waals surface area contributed by atoms with E-state index in [2.05, 4.69) is 0 Å². The maximum Gasteiger partial charge on any atom is 0.337 e. The number of thiazole rings is 1. The van der Waals surface area contributed by atoms with E-state index in [0.29, 0.717) is 36.8 Å². The molecule has 0 aliphatic heterocycles. The molecular weight excluding hydrogens is 452 g/mol. The van der Waals surface area contributed by atoms with Gasteiger partial charge in [-0.25, -0.2) is 9.78 Å². The number of carbonyl (C=O) groups is 1. The van der Waals surface area contributed by atoms with E-state index in [4.69, 9.17) is 19.2 Å². The molecule has 0 radical (unpaired) electrons. The number of aromatic carboxylic acids is 1. The van der Waals surface area contributed by atoms with Gasteiger partial charge < -0.3 is 23.9 Å². The van der Waals surface area contributed by atoms with Crippen LogP contribution in [-0.4, -0.2) is 34.8 Å². The van der Waals surface area contributed by atoms with Gasteiger partial charge in [-0.05, 0) is 49.2 Å². The molecule has 0 aliphatic carbocycles. The average Bonchev–Trinajstić information content (AvgIpc) is 3.46. The van der Waals surface area contributed by atoms with Crippen LogP contribution in [0.5, 0.6) is 17.2 Å². The fraction of sp³-hybridized carbons (Fsp3) is 0.231. The summed E-state index contributed by atoms with van der Waals surface area (Å²) in [5.74, 6) is 1.16. The number of rotatable bonds is 10. The van der Waals surface area contributed by atoms with E-state index in [1.165, 1.54) is 11.3 Å². The first kappa shape index (κ1) is 23.4. The number of para-hydroxylation sites is 1. The van der Waals surface area contributed by atoms with Crippen molar-refractivity contribution in [1.82, 2.24) is 9.55 Å². The summed E-state index contributed by atoms with van der Waals surface area (Å²) >= 11 is 1.49. The van der Waals surface area contributed by atoms with Crippen LogP contribution in [0.1, 0.15) is 26.6 Å². The van der Waals surface area contributed by atoms with E-state index in [0.717, 1.165) is 27.7 Å². The molecule has 4 rings (SSSR count). The highest BCUT2D eigenvalue weighted by Gasteiger charge is 2.20. The van der Waals surface area contributed by atoms with Crippen LogP contribution in [0.15, 0.2) is 60.0 Å². The van der Waals surface area contributed by atoms with Gasteiger partial charge in [-0.1, -0.05) is 24.3 Å². The first-order valence-electron chi connectivity index (χ1n) is 10.8. The molecule has 2 aromatic carbocycles. The summed E-state index contributed by atoms with van der Waals surface area (Å²) in [6, 6.07) is 17.1. The first-order valence-corrected chi connectivity index (χ1v) is 11.6. The van der Waals surface area contributed by atoms with Crippen molar-refractivity contribution in [3.63, 3.8) is 0 Å². The van der Waals surface area contributed by atoms with Crippen molar-refractivity contribution in [2.75, 3.05) is 14.2 Å². The smallest absolute Gasteiger partial charge is 0.337 e. The van der Waals surface area contributed by atoms with Gasteiger partial charge in [-0.2, -0.15) is 0 Å². The molecule has 7 nitrogen and oxygen atoms in total. The standard InChI is InChI=1S/C26H26N2O5S/c1-17-20(26(29)30)14-22(21-16-34-25(27-21)15-33-19-7-5-4-6-8-19)28(17)12-11-18-9-10-23(31-2)24(13-18)32-3/h4-10,13-14,16H,11-12,15H2,1-3H3,(H,29,30). The molecule has 2 aromatic heterocycles. The Morgan fingerprint density at radius 1 is 1.06 bits per heavy atom. The minimum absolute atomic E-state index is 0.275. The molecule has 1 N–H and O–H groups in total. The Labute approximate surface area is 202 Å². The predicted octanol–water partition coefficient (Wildman–Crippen LogP) is 5.46. The molecule has 0 spiro atoms. The maximum atomic E-state index is 11.8. The topological polar surface area (TPSA) is 82.8 Å².